The van der Waals surface area contributed by atoms with E-state index in [2.05, 4.69) is 24.2 Å². The Balaban J connectivity index is 2.08. The van der Waals surface area contributed by atoms with Crippen molar-refractivity contribution in [1.82, 2.24) is 10.3 Å². The lowest BCUT2D eigenvalue weighted by Gasteiger charge is -2.42. The van der Waals surface area contributed by atoms with Crippen molar-refractivity contribution in [3.63, 3.8) is 0 Å². The zero-order valence-electron chi connectivity index (χ0n) is 11.8. The first-order chi connectivity index (χ1) is 9.04. The second kappa shape index (κ2) is 5.99. The molecule has 0 amide bonds. The van der Waals surface area contributed by atoms with Crippen LogP contribution in [0, 0.1) is 5.82 Å². The highest BCUT2D eigenvalue weighted by atomic mass is 19.1. The minimum atomic E-state index is -0.195. The van der Waals surface area contributed by atoms with Crippen LogP contribution in [0.1, 0.15) is 32.3 Å². The van der Waals surface area contributed by atoms with Gasteiger partial charge in [0.15, 0.2) is 0 Å². The average molecular weight is 265 g/mol. The quantitative estimate of drug-likeness (QED) is 0.632. The minimum absolute atomic E-state index is 0.000361. The average Bonchev–Trinajstić information content (AvgIpc) is 2.92. The maximum Gasteiger partial charge on any atom is 0.123 e. The summed E-state index contributed by atoms with van der Waals surface area (Å²) >= 11 is 0. The molecule has 1 fully saturated rings. The van der Waals surface area contributed by atoms with E-state index in [1.54, 1.807) is 0 Å². The first-order valence-electron chi connectivity index (χ1n) is 6.99. The summed E-state index contributed by atoms with van der Waals surface area (Å²) in [6.07, 6.45) is 3.33. The van der Waals surface area contributed by atoms with Crippen molar-refractivity contribution in [2.24, 2.45) is 5.84 Å². The lowest BCUT2D eigenvalue weighted by atomic mass is 9.88. The largest absolute Gasteiger partial charge is 0.297 e. The van der Waals surface area contributed by atoms with Crippen molar-refractivity contribution in [3.05, 3.63) is 35.6 Å². The molecule has 0 bridgehead atoms. The fourth-order valence-electron chi connectivity index (χ4n) is 2.88. The summed E-state index contributed by atoms with van der Waals surface area (Å²) in [5, 5.41) is 0. The predicted octanol–water partition coefficient (Wildman–Crippen LogP) is 2.07. The fraction of sp³-hybridized carbons (Fsp3) is 0.600. The van der Waals surface area contributed by atoms with Gasteiger partial charge in [-0.1, -0.05) is 12.1 Å². The van der Waals surface area contributed by atoms with Crippen LogP contribution in [0.3, 0.4) is 0 Å². The summed E-state index contributed by atoms with van der Waals surface area (Å²) in [7, 11) is 0. The number of nitrogens with two attached hydrogens (primary N) is 1. The van der Waals surface area contributed by atoms with Crippen LogP contribution in [0.4, 0.5) is 4.39 Å². The number of hydrogen-bond acceptors (Lipinski definition) is 3. The molecule has 3 N–H and O–H groups in total. The normalized spacial score (nSPS) is 18.7. The maximum absolute atomic E-state index is 12.9. The molecule has 1 heterocycles. The lowest BCUT2D eigenvalue weighted by molar-refractivity contribution is 0.106. The second-order valence-corrected chi connectivity index (χ2v) is 5.90. The highest BCUT2D eigenvalue weighted by Gasteiger charge is 2.36. The zero-order valence-corrected chi connectivity index (χ0v) is 11.8. The molecular weight excluding hydrogens is 241 g/mol. The molecule has 1 unspecified atom stereocenters. The molecular formula is C15H24FN3. The van der Waals surface area contributed by atoms with Gasteiger partial charge in [0.2, 0.25) is 0 Å². The lowest BCUT2D eigenvalue weighted by Crippen LogP contribution is -2.59. The standard InChI is InChI=1S/C15H24FN3/c1-15(2,19-9-3-4-10-19)14(18-17)11-12-5-7-13(16)8-6-12/h5-8,14,18H,3-4,9-11,17H2,1-2H3. The van der Waals surface area contributed by atoms with E-state index in [-0.39, 0.29) is 17.4 Å². The number of likely N-dealkylation sites (tertiary alicyclic amines) is 1. The van der Waals surface area contributed by atoms with Crippen LogP contribution < -0.4 is 11.3 Å². The van der Waals surface area contributed by atoms with Crippen LogP contribution in [-0.4, -0.2) is 29.6 Å². The predicted molar refractivity (Wildman–Crippen MR) is 76.1 cm³/mol. The van der Waals surface area contributed by atoms with Crippen LogP contribution in [0.5, 0.6) is 0 Å². The monoisotopic (exact) mass is 265 g/mol. The molecule has 1 atom stereocenters. The SMILES string of the molecule is CC(C)(C(Cc1ccc(F)cc1)NN)N1CCCC1. The summed E-state index contributed by atoms with van der Waals surface area (Å²) in [4.78, 5) is 2.49. The number of halogens is 1. The second-order valence-electron chi connectivity index (χ2n) is 5.90. The van der Waals surface area contributed by atoms with Crippen molar-refractivity contribution in [1.29, 1.82) is 0 Å². The van der Waals surface area contributed by atoms with Gasteiger partial charge in [0.1, 0.15) is 5.82 Å². The highest BCUT2D eigenvalue weighted by molar-refractivity contribution is 5.18. The molecule has 0 saturated carbocycles. The van der Waals surface area contributed by atoms with E-state index in [1.807, 2.05) is 12.1 Å². The Morgan fingerprint density at radius 1 is 1.26 bits per heavy atom. The Morgan fingerprint density at radius 2 is 1.84 bits per heavy atom. The van der Waals surface area contributed by atoms with E-state index in [1.165, 1.54) is 25.0 Å². The van der Waals surface area contributed by atoms with Gasteiger partial charge in [-0.05, 0) is 63.9 Å². The third kappa shape index (κ3) is 3.32. The van der Waals surface area contributed by atoms with Crippen molar-refractivity contribution in [2.45, 2.75) is 44.7 Å². The van der Waals surface area contributed by atoms with Crippen LogP contribution >= 0.6 is 0 Å². The molecule has 1 aromatic carbocycles. The zero-order chi connectivity index (χ0) is 13.9. The fourth-order valence-corrected chi connectivity index (χ4v) is 2.88. The Labute approximate surface area is 114 Å². The smallest absolute Gasteiger partial charge is 0.123 e. The van der Waals surface area contributed by atoms with Crippen molar-refractivity contribution in [3.8, 4) is 0 Å². The van der Waals surface area contributed by atoms with Crippen molar-refractivity contribution >= 4 is 0 Å². The van der Waals surface area contributed by atoms with E-state index < -0.39 is 0 Å². The summed E-state index contributed by atoms with van der Waals surface area (Å²) in [6.45, 7) is 6.72. The summed E-state index contributed by atoms with van der Waals surface area (Å²) in [5.41, 5.74) is 4.05. The van der Waals surface area contributed by atoms with Gasteiger partial charge in [0.25, 0.3) is 0 Å². The third-order valence-corrected chi connectivity index (χ3v) is 4.33. The van der Waals surface area contributed by atoms with Gasteiger partial charge in [-0.3, -0.25) is 16.2 Å². The first-order valence-corrected chi connectivity index (χ1v) is 6.99. The molecule has 0 aliphatic carbocycles. The number of benzene rings is 1. The van der Waals surface area contributed by atoms with Gasteiger partial charge < -0.3 is 0 Å². The van der Waals surface area contributed by atoms with Crippen LogP contribution in [0.2, 0.25) is 0 Å². The Hall–Kier alpha value is -0.970. The van der Waals surface area contributed by atoms with Gasteiger partial charge in [0, 0.05) is 11.6 Å². The van der Waals surface area contributed by atoms with E-state index in [9.17, 15) is 4.39 Å². The van der Waals surface area contributed by atoms with Crippen molar-refractivity contribution < 1.29 is 4.39 Å². The minimum Gasteiger partial charge on any atom is -0.297 e. The molecule has 1 aromatic rings. The van der Waals surface area contributed by atoms with Crippen LogP contribution in [0.15, 0.2) is 24.3 Å². The summed E-state index contributed by atoms with van der Waals surface area (Å²) in [6, 6.07) is 6.83. The number of nitrogens with one attached hydrogen (secondary N) is 1. The Bertz CT molecular complexity index is 396. The van der Waals surface area contributed by atoms with E-state index >= 15 is 0 Å². The van der Waals surface area contributed by atoms with Gasteiger partial charge in [-0.15, -0.1) is 0 Å². The van der Waals surface area contributed by atoms with Gasteiger partial charge >= 0.3 is 0 Å². The molecule has 0 spiro atoms. The van der Waals surface area contributed by atoms with E-state index in [0.29, 0.717) is 0 Å². The molecule has 1 aliphatic rings. The topological polar surface area (TPSA) is 41.3 Å². The molecule has 19 heavy (non-hydrogen) atoms. The maximum atomic E-state index is 12.9. The van der Waals surface area contributed by atoms with Gasteiger partial charge in [-0.2, -0.15) is 0 Å². The number of hydrogen-bond donors (Lipinski definition) is 2. The highest BCUT2D eigenvalue weighted by Crippen LogP contribution is 2.26. The molecule has 4 heteroatoms. The summed E-state index contributed by atoms with van der Waals surface area (Å²) in [5.74, 6) is 5.56. The van der Waals surface area contributed by atoms with E-state index in [4.69, 9.17) is 5.84 Å². The molecule has 3 nitrogen and oxygen atoms in total. The Kier molecular flexibility index (Phi) is 4.55. The first kappa shape index (κ1) is 14.4. The molecule has 0 radical (unpaired) electrons. The molecule has 1 saturated heterocycles. The molecule has 1 aliphatic heterocycles. The number of rotatable bonds is 5. The molecule has 0 aromatic heterocycles. The van der Waals surface area contributed by atoms with Gasteiger partial charge in [0.05, 0.1) is 0 Å². The number of nitrogens with zero attached hydrogens (tertiary/aromatic N) is 1. The molecule has 2 rings (SSSR count). The number of hydrazine groups is 1. The van der Waals surface area contributed by atoms with Crippen LogP contribution in [-0.2, 0) is 6.42 Å². The molecule has 106 valence electrons. The Morgan fingerprint density at radius 3 is 2.37 bits per heavy atom. The van der Waals surface area contributed by atoms with E-state index in [0.717, 1.165) is 25.1 Å². The summed E-state index contributed by atoms with van der Waals surface area (Å²) < 4.78 is 12.9. The van der Waals surface area contributed by atoms with Crippen molar-refractivity contribution in [2.75, 3.05) is 13.1 Å². The third-order valence-electron chi connectivity index (χ3n) is 4.33. The van der Waals surface area contributed by atoms with Gasteiger partial charge in [-0.25, -0.2) is 4.39 Å². The van der Waals surface area contributed by atoms with Crippen LogP contribution in [0.25, 0.3) is 0 Å².